The predicted octanol–water partition coefficient (Wildman–Crippen LogP) is 5.65. The third kappa shape index (κ3) is 6.93. The second-order valence-electron chi connectivity index (χ2n) is 4.06. The summed E-state index contributed by atoms with van der Waals surface area (Å²) in [6, 6.07) is 4.87. The van der Waals surface area contributed by atoms with Gasteiger partial charge < -0.3 is 4.74 Å². The van der Waals surface area contributed by atoms with E-state index in [9.17, 15) is 4.79 Å². The first-order chi connectivity index (χ1) is 9.21. The summed E-state index contributed by atoms with van der Waals surface area (Å²) in [4.78, 5) is 11.8. The van der Waals surface area contributed by atoms with Gasteiger partial charge in [-0.1, -0.05) is 58.0 Å². The Kier molecular flexibility index (Phi) is 7.54. The lowest BCUT2D eigenvalue weighted by Crippen LogP contribution is -2.24. The third-order valence-corrected chi connectivity index (χ3v) is 3.57. The first-order valence-electron chi connectivity index (χ1n) is 5.45. The van der Waals surface area contributed by atoms with E-state index in [1.54, 1.807) is 18.2 Å². The molecule has 0 radical (unpaired) electrons. The van der Waals surface area contributed by atoms with Gasteiger partial charge in [-0.25, -0.2) is 0 Å². The minimum Gasteiger partial charge on any atom is -0.461 e. The summed E-state index contributed by atoms with van der Waals surface area (Å²) in [5.74, 6) is -1.23. The molecule has 1 unspecified atom stereocenters. The minimum absolute atomic E-state index is 0.00302. The Bertz CT molecular complexity index is 451. The lowest BCUT2D eigenvalue weighted by Gasteiger charge is -2.18. The minimum atomic E-state index is -1.56. The fourth-order valence-corrected chi connectivity index (χ4v) is 2.81. The van der Waals surface area contributed by atoms with Crippen molar-refractivity contribution in [3.8, 4) is 0 Å². The number of ether oxygens (including phenoxy) is 1. The summed E-state index contributed by atoms with van der Waals surface area (Å²) in [6.45, 7) is 0.0202. The molecule has 8 heteroatoms. The zero-order valence-electron chi connectivity index (χ0n) is 10.0. The van der Waals surface area contributed by atoms with Crippen molar-refractivity contribution in [2.45, 2.75) is 16.8 Å². The van der Waals surface area contributed by atoms with Crippen LogP contribution in [0, 0.1) is 5.92 Å². The quantitative estimate of drug-likeness (QED) is 0.473. The summed E-state index contributed by atoms with van der Waals surface area (Å²) in [7, 11) is 0. The van der Waals surface area contributed by atoms with Gasteiger partial charge in [0.25, 0.3) is 0 Å². The van der Waals surface area contributed by atoms with Crippen LogP contribution in [-0.4, -0.2) is 15.6 Å². The zero-order chi connectivity index (χ0) is 15.3. The number of halogens is 6. The van der Waals surface area contributed by atoms with Crippen molar-refractivity contribution < 1.29 is 9.53 Å². The predicted molar refractivity (Wildman–Crippen MR) is 85.4 cm³/mol. The van der Waals surface area contributed by atoms with Gasteiger partial charge in [-0.05, 0) is 23.8 Å². The fourth-order valence-electron chi connectivity index (χ4n) is 1.45. The number of alkyl halides is 4. The molecule has 0 saturated carbocycles. The summed E-state index contributed by atoms with van der Waals surface area (Å²) >= 11 is 34.3. The van der Waals surface area contributed by atoms with Crippen LogP contribution < -0.4 is 0 Å². The van der Waals surface area contributed by atoms with Gasteiger partial charge in [-0.2, -0.15) is 0 Å². The summed E-state index contributed by atoms with van der Waals surface area (Å²) in [6.07, 6.45) is -0.0176. The van der Waals surface area contributed by atoms with Gasteiger partial charge in [0.2, 0.25) is 0 Å². The third-order valence-electron chi connectivity index (χ3n) is 2.30. The molecule has 1 rings (SSSR count). The number of carbonyl (C=O) groups excluding carboxylic acids is 1. The Morgan fingerprint density at radius 1 is 1.15 bits per heavy atom. The molecule has 0 amide bonds. The lowest BCUT2D eigenvalue weighted by molar-refractivity contribution is -0.149. The van der Waals surface area contributed by atoms with E-state index < -0.39 is 15.7 Å². The average Bonchev–Trinajstić information content (AvgIpc) is 2.30. The number of benzene rings is 1. The van der Waals surface area contributed by atoms with E-state index in [1.807, 2.05) is 0 Å². The molecule has 0 aliphatic rings. The van der Waals surface area contributed by atoms with Crippen molar-refractivity contribution >= 4 is 75.6 Å². The van der Waals surface area contributed by atoms with Crippen LogP contribution in [0.2, 0.25) is 10.0 Å². The topological polar surface area (TPSA) is 26.3 Å². The molecule has 1 atom stereocenters. The van der Waals surface area contributed by atoms with Gasteiger partial charge in [0, 0.05) is 22.3 Å². The Morgan fingerprint density at radius 2 is 1.70 bits per heavy atom. The molecule has 2 nitrogen and oxygen atoms in total. The number of hydrogen-bond donors (Lipinski definition) is 0. The van der Waals surface area contributed by atoms with E-state index >= 15 is 0 Å². The molecule has 0 N–H and O–H groups in total. The second kappa shape index (κ2) is 8.17. The van der Waals surface area contributed by atoms with Crippen molar-refractivity contribution in [2.75, 3.05) is 5.88 Å². The Balaban J connectivity index is 2.61. The van der Waals surface area contributed by atoms with Crippen molar-refractivity contribution in [1.82, 2.24) is 0 Å². The Hall–Kier alpha value is 0.430. The van der Waals surface area contributed by atoms with Crippen LogP contribution >= 0.6 is 69.6 Å². The maximum Gasteiger partial charge on any atom is 0.310 e. The highest BCUT2D eigenvalue weighted by Gasteiger charge is 2.30. The van der Waals surface area contributed by atoms with Gasteiger partial charge in [0.1, 0.15) is 6.61 Å². The van der Waals surface area contributed by atoms with Crippen LogP contribution in [0.25, 0.3) is 0 Å². The molecule has 112 valence electrons. The number of hydrogen-bond acceptors (Lipinski definition) is 2. The highest BCUT2D eigenvalue weighted by molar-refractivity contribution is 6.67. The van der Waals surface area contributed by atoms with Crippen LogP contribution in [0.3, 0.4) is 0 Å². The highest BCUT2D eigenvalue weighted by atomic mass is 35.6. The zero-order valence-corrected chi connectivity index (χ0v) is 14.6. The van der Waals surface area contributed by atoms with E-state index in [-0.39, 0.29) is 18.9 Å². The molecule has 0 spiro atoms. The lowest BCUT2D eigenvalue weighted by atomic mass is 10.1. The summed E-state index contributed by atoms with van der Waals surface area (Å²) in [5.41, 5.74) is 0.665. The van der Waals surface area contributed by atoms with Crippen LogP contribution in [0.5, 0.6) is 0 Å². The molecule has 0 aliphatic heterocycles. The Labute approximate surface area is 147 Å². The van der Waals surface area contributed by atoms with E-state index in [4.69, 9.17) is 74.3 Å². The molecular weight excluding hydrogens is 389 g/mol. The van der Waals surface area contributed by atoms with Crippen LogP contribution in [0.15, 0.2) is 18.2 Å². The van der Waals surface area contributed by atoms with Crippen molar-refractivity contribution in [2.24, 2.45) is 5.92 Å². The monoisotopic (exact) mass is 396 g/mol. The SMILES string of the molecule is O=C(OCc1cc(Cl)cc(Cl)c1)C(CCl)CC(Cl)(Cl)Cl. The Morgan fingerprint density at radius 3 is 2.15 bits per heavy atom. The highest BCUT2D eigenvalue weighted by Crippen LogP contribution is 2.34. The van der Waals surface area contributed by atoms with Gasteiger partial charge in [0.05, 0.1) is 5.92 Å². The van der Waals surface area contributed by atoms with E-state index in [1.165, 1.54) is 0 Å². The van der Waals surface area contributed by atoms with E-state index in [0.29, 0.717) is 15.6 Å². The largest absolute Gasteiger partial charge is 0.461 e. The maximum atomic E-state index is 11.8. The summed E-state index contributed by atoms with van der Waals surface area (Å²) < 4.78 is 3.56. The standard InChI is InChI=1S/C12H10Cl6O2/c13-5-8(4-12(16,17)18)11(19)20-6-7-1-9(14)3-10(15)2-7/h1-3,8H,4-6H2. The average molecular weight is 399 g/mol. The summed E-state index contributed by atoms with van der Waals surface area (Å²) in [5, 5.41) is 0.914. The molecule has 0 fully saturated rings. The molecule has 0 aromatic heterocycles. The maximum absolute atomic E-state index is 11.8. The molecule has 0 aliphatic carbocycles. The number of esters is 1. The van der Waals surface area contributed by atoms with Gasteiger partial charge >= 0.3 is 5.97 Å². The smallest absolute Gasteiger partial charge is 0.310 e. The van der Waals surface area contributed by atoms with E-state index in [2.05, 4.69) is 0 Å². The first kappa shape index (κ1) is 18.5. The molecule has 1 aromatic carbocycles. The van der Waals surface area contributed by atoms with Crippen LogP contribution in [0.4, 0.5) is 0 Å². The molecular formula is C12H10Cl6O2. The normalized spacial score (nSPS) is 13.1. The number of carbonyl (C=O) groups is 1. The molecule has 0 bridgehead atoms. The molecule has 0 heterocycles. The molecule has 1 aromatic rings. The fraction of sp³-hybridized carbons (Fsp3) is 0.417. The molecule has 20 heavy (non-hydrogen) atoms. The number of rotatable bonds is 5. The van der Waals surface area contributed by atoms with Gasteiger partial charge in [-0.15, -0.1) is 11.6 Å². The first-order valence-corrected chi connectivity index (χ1v) is 7.88. The van der Waals surface area contributed by atoms with Crippen molar-refractivity contribution in [1.29, 1.82) is 0 Å². The van der Waals surface area contributed by atoms with Crippen LogP contribution in [0.1, 0.15) is 12.0 Å². The van der Waals surface area contributed by atoms with E-state index in [0.717, 1.165) is 0 Å². The second-order valence-corrected chi connectivity index (χ2v) is 7.75. The van der Waals surface area contributed by atoms with Crippen LogP contribution in [-0.2, 0) is 16.1 Å². The van der Waals surface area contributed by atoms with Crippen molar-refractivity contribution in [3.63, 3.8) is 0 Å². The van der Waals surface area contributed by atoms with Gasteiger partial charge in [0.15, 0.2) is 3.79 Å². The molecule has 0 saturated heterocycles. The van der Waals surface area contributed by atoms with Gasteiger partial charge in [-0.3, -0.25) is 4.79 Å². The van der Waals surface area contributed by atoms with Crippen molar-refractivity contribution in [3.05, 3.63) is 33.8 Å².